The van der Waals surface area contributed by atoms with Crippen LogP contribution in [0.1, 0.15) is 54.4 Å². The molecule has 5 heteroatoms. The van der Waals surface area contributed by atoms with Crippen LogP contribution in [0.4, 0.5) is 0 Å². The summed E-state index contributed by atoms with van der Waals surface area (Å²) in [5.41, 5.74) is 4.69. The molecule has 0 fully saturated rings. The summed E-state index contributed by atoms with van der Waals surface area (Å²) in [5.74, 6) is -0.171. The van der Waals surface area contributed by atoms with Crippen molar-refractivity contribution in [2.24, 2.45) is 11.1 Å². The van der Waals surface area contributed by atoms with Gasteiger partial charge in [-0.25, -0.2) is 0 Å². The minimum Gasteiger partial charge on any atom is -0.375 e. The van der Waals surface area contributed by atoms with Crippen LogP contribution in [-0.4, -0.2) is 36.5 Å². The van der Waals surface area contributed by atoms with Gasteiger partial charge in [0.25, 0.3) is 0 Å². The fourth-order valence-corrected chi connectivity index (χ4v) is 1.61. The third-order valence-corrected chi connectivity index (χ3v) is 3.54. The summed E-state index contributed by atoms with van der Waals surface area (Å²) in [6.45, 7) is 11.9. The zero-order valence-corrected chi connectivity index (χ0v) is 13.7. The molecule has 0 heterocycles. The molecule has 1 unspecified atom stereocenters. The molecule has 0 spiro atoms. The highest BCUT2D eigenvalue weighted by Crippen LogP contribution is 2.23. The second-order valence-corrected chi connectivity index (χ2v) is 6.59. The lowest BCUT2D eigenvalue weighted by molar-refractivity contribution is -0.134. The molecule has 0 aliphatic heterocycles. The Morgan fingerprint density at radius 2 is 1.75 bits per heavy atom. The van der Waals surface area contributed by atoms with Crippen molar-refractivity contribution in [2.75, 3.05) is 13.2 Å². The van der Waals surface area contributed by atoms with Crippen LogP contribution in [0.2, 0.25) is 0 Å². The van der Waals surface area contributed by atoms with E-state index in [4.69, 9.17) is 10.5 Å². The topological polar surface area (TPSA) is 81.4 Å². The molecule has 1 amide bonds. The van der Waals surface area contributed by atoms with Gasteiger partial charge in [0.2, 0.25) is 5.91 Å². The van der Waals surface area contributed by atoms with Crippen molar-refractivity contribution >= 4 is 11.7 Å². The SMILES string of the molecule is CC(=O)C(C)NC(=O)C(C)(C)CCOC(C)(C)CCN. The Morgan fingerprint density at radius 1 is 1.20 bits per heavy atom. The van der Waals surface area contributed by atoms with Gasteiger partial charge in [-0.15, -0.1) is 0 Å². The zero-order valence-electron chi connectivity index (χ0n) is 13.7. The van der Waals surface area contributed by atoms with E-state index in [1.165, 1.54) is 6.92 Å². The van der Waals surface area contributed by atoms with Crippen molar-refractivity contribution in [2.45, 2.75) is 66.0 Å². The van der Waals surface area contributed by atoms with E-state index in [1.54, 1.807) is 6.92 Å². The fraction of sp³-hybridized carbons (Fsp3) is 0.867. The number of ketones is 1. The molecule has 5 nitrogen and oxygen atoms in total. The molecule has 0 aromatic heterocycles. The molecule has 0 saturated heterocycles. The van der Waals surface area contributed by atoms with Crippen LogP contribution in [-0.2, 0) is 14.3 Å². The van der Waals surface area contributed by atoms with Gasteiger partial charge in [0.1, 0.15) is 0 Å². The van der Waals surface area contributed by atoms with E-state index in [0.717, 1.165) is 6.42 Å². The van der Waals surface area contributed by atoms with Crippen LogP contribution in [0.3, 0.4) is 0 Å². The highest BCUT2D eigenvalue weighted by molar-refractivity contribution is 5.89. The Hall–Kier alpha value is -0.940. The second-order valence-electron chi connectivity index (χ2n) is 6.59. The summed E-state index contributed by atoms with van der Waals surface area (Å²) in [4.78, 5) is 23.3. The van der Waals surface area contributed by atoms with E-state index < -0.39 is 11.5 Å². The average molecular weight is 286 g/mol. The molecule has 118 valence electrons. The molecule has 0 aliphatic carbocycles. The number of carbonyl (C=O) groups excluding carboxylic acids is 2. The number of hydrogen-bond acceptors (Lipinski definition) is 4. The van der Waals surface area contributed by atoms with Crippen molar-refractivity contribution in [3.8, 4) is 0 Å². The molecule has 1 atom stereocenters. The predicted octanol–water partition coefficient (Wildman–Crippen LogP) is 1.64. The van der Waals surface area contributed by atoms with Gasteiger partial charge in [-0.05, 0) is 47.1 Å². The van der Waals surface area contributed by atoms with Crippen molar-refractivity contribution in [3.63, 3.8) is 0 Å². The van der Waals surface area contributed by atoms with E-state index >= 15 is 0 Å². The normalized spacial score (nSPS) is 13.9. The number of hydrogen-bond donors (Lipinski definition) is 2. The van der Waals surface area contributed by atoms with Gasteiger partial charge in [-0.3, -0.25) is 9.59 Å². The number of ether oxygens (including phenoxy) is 1. The smallest absolute Gasteiger partial charge is 0.226 e. The molecule has 0 bridgehead atoms. The van der Waals surface area contributed by atoms with Crippen LogP contribution >= 0.6 is 0 Å². The van der Waals surface area contributed by atoms with E-state index in [2.05, 4.69) is 5.32 Å². The highest BCUT2D eigenvalue weighted by atomic mass is 16.5. The summed E-state index contributed by atoms with van der Waals surface area (Å²) < 4.78 is 5.78. The average Bonchev–Trinajstić information content (AvgIpc) is 2.27. The highest BCUT2D eigenvalue weighted by Gasteiger charge is 2.30. The number of carbonyl (C=O) groups is 2. The summed E-state index contributed by atoms with van der Waals surface area (Å²) in [5, 5.41) is 2.73. The van der Waals surface area contributed by atoms with Crippen LogP contribution in [0.15, 0.2) is 0 Å². The van der Waals surface area contributed by atoms with Crippen LogP contribution < -0.4 is 11.1 Å². The zero-order chi connectivity index (χ0) is 16.0. The van der Waals surface area contributed by atoms with Gasteiger partial charge in [-0.2, -0.15) is 0 Å². The van der Waals surface area contributed by atoms with E-state index in [-0.39, 0.29) is 17.3 Å². The molecule has 0 radical (unpaired) electrons. The minimum atomic E-state index is -0.567. The first kappa shape index (κ1) is 19.1. The van der Waals surface area contributed by atoms with Gasteiger partial charge in [0.05, 0.1) is 11.6 Å². The molecule has 0 aromatic carbocycles. The van der Waals surface area contributed by atoms with E-state index in [1.807, 2.05) is 27.7 Å². The lowest BCUT2D eigenvalue weighted by Gasteiger charge is -2.29. The quantitative estimate of drug-likeness (QED) is 0.675. The van der Waals surface area contributed by atoms with Gasteiger partial charge in [0.15, 0.2) is 5.78 Å². The number of nitrogens with one attached hydrogen (secondary N) is 1. The van der Waals surface area contributed by atoms with Gasteiger partial charge >= 0.3 is 0 Å². The number of nitrogens with two attached hydrogens (primary N) is 1. The van der Waals surface area contributed by atoms with Gasteiger partial charge in [0, 0.05) is 12.0 Å². The minimum absolute atomic E-state index is 0.0468. The maximum absolute atomic E-state index is 12.1. The molecule has 3 N–H and O–H groups in total. The Balaban J connectivity index is 4.31. The molecule has 20 heavy (non-hydrogen) atoms. The van der Waals surface area contributed by atoms with E-state index in [9.17, 15) is 9.59 Å². The third-order valence-electron chi connectivity index (χ3n) is 3.54. The molecular weight excluding hydrogens is 256 g/mol. The Bertz CT molecular complexity index is 338. The number of rotatable bonds is 9. The first-order valence-electron chi connectivity index (χ1n) is 7.17. The van der Waals surface area contributed by atoms with Crippen molar-refractivity contribution in [1.29, 1.82) is 0 Å². The maximum Gasteiger partial charge on any atom is 0.226 e. The lowest BCUT2D eigenvalue weighted by Crippen LogP contribution is -2.45. The Kier molecular flexibility index (Phi) is 7.38. The maximum atomic E-state index is 12.1. The summed E-state index contributed by atoms with van der Waals surface area (Å²) in [6, 6.07) is -0.448. The second kappa shape index (κ2) is 7.74. The summed E-state index contributed by atoms with van der Waals surface area (Å²) >= 11 is 0. The molecule has 0 rings (SSSR count). The lowest BCUT2D eigenvalue weighted by atomic mass is 9.88. The fourth-order valence-electron chi connectivity index (χ4n) is 1.61. The molecule has 0 aliphatic rings. The van der Waals surface area contributed by atoms with Crippen molar-refractivity contribution in [3.05, 3.63) is 0 Å². The third kappa shape index (κ3) is 7.01. The first-order chi connectivity index (χ1) is 9.02. The number of Topliss-reactive ketones (excluding diaryl/α,β-unsaturated/α-hetero) is 1. The van der Waals surface area contributed by atoms with Crippen molar-refractivity contribution < 1.29 is 14.3 Å². The standard InChI is InChI=1S/C15H30N2O3/c1-11(12(2)18)17-13(19)14(3,4)8-10-20-15(5,6)7-9-16/h11H,7-10,16H2,1-6H3,(H,17,19). The Labute approximate surface area is 122 Å². The summed E-state index contributed by atoms with van der Waals surface area (Å²) in [6.07, 6.45) is 1.37. The largest absolute Gasteiger partial charge is 0.375 e. The number of amides is 1. The molecule has 0 aromatic rings. The predicted molar refractivity (Wildman–Crippen MR) is 80.4 cm³/mol. The van der Waals surface area contributed by atoms with Crippen molar-refractivity contribution in [1.82, 2.24) is 5.32 Å². The molecular formula is C15H30N2O3. The van der Waals surface area contributed by atoms with Crippen LogP contribution in [0.25, 0.3) is 0 Å². The summed E-state index contributed by atoms with van der Waals surface area (Å²) in [7, 11) is 0. The van der Waals surface area contributed by atoms with Crippen LogP contribution in [0.5, 0.6) is 0 Å². The van der Waals surface area contributed by atoms with Gasteiger partial charge in [-0.1, -0.05) is 13.8 Å². The van der Waals surface area contributed by atoms with Gasteiger partial charge < -0.3 is 15.8 Å². The van der Waals surface area contributed by atoms with Crippen LogP contribution in [0, 0.1) is 5.41 Å². The molecule has 0 saturated carbocycles. The Morgan fingerprint density at radius 3 is 2.20 bits per heavy atom. The monoisotopic (exact) mass is 286 g/mol. The van der Waals surface area contributed by atoms with E-state index in [0.29, 0.717) is 19.6 Å². The first-order valence-corrected chi connectivity index (χ1v) is 7.17.